The lowest BCUT2D eigenvalue weighted by atomic mass is 10.0. The van der Waals surface area contributed by atoms with Crippen LogP contribution in [0.5, 0.6) is 0 Å². The SMILES string of the molecule is CCNc1ncnc(N(CCO)CCOC)c1C(C)C. The molecule has 0 spiro atoms. The fourth-order valence-electron chi connectivity index (χ4n) is 2.12. The van der Waals surface area contributed by atoms with E-state index in [1.165, 1.54) is 0 Å². The van der Waals surface area contributed by atoms with Gasteiger partial charge in [0.25, 0.3) is 0 Å². The molecule has 0 radical (unpaired) electrons. The molecule has 0 aliphatic carbocycles. The number of aliphatic hydroxyl groups is 1. The summed E-state index contributed by atoms with van der Waals surface area (Å²) in [6.45, 7) is 9.01. The average Bonchev–Trinajstić information content (AvgIpc) is 2.43. The molecule has 0 bridgehead atoms. The van der Waals surface area contributed by atoms with Gasteiger partial charge in [-0.05, 0) is 12.8 Å². The van der Waals surface area contributed by atoms with Crippen LogP contribution in [0.3, 0.4) is 0 Å². The molecule has 0 unspecified atom stereocenters. The van der Waals surface area contributed by atoms with Crippen LogP contribution in [0.2, 0.25) is 0 Å². The van der Waals surface area contributed by atoms with Crippen molar-refractivity contribution in [1.29, 1.82) is 0 Å². The van der Waals surface area contributed by atoms with Crippen molar-refractivity contribution in [2.45, 2.75) is 26.7 Å². The molecule has 1 rings (SSSR count). The van der Waals surface area contributed by atoms with E-state index in [9.17, 15) is 5.11 Å². The second-order valence-corrected chi connectivity index (χ2v) is 4.85. The third kappa shape index (κ3) is 4.31. The van der Waals surface area contributed by atoms with Crippen LogP contribution in [0.15, 0.2) is 6.33 Å². The number of anilines is 2. The number of aliphatic hydroxyl groups excluding tert-OH is 1. The summed E-state index contributed by atoms with van der Waals surface area (Å²) in [6.07, 6.45) is 1.57. The van der Waals surface area contributed by atoms with Crippen molar-refractivity contribution < 1.29 is 9.84 Å². The minimum absolute atomic E-state index is 0.0851. The van der Waals surface area contributed by atoms with Crippen molar-refractivity contribution in [3.8, 4) is 0 Å². The number of methoxy groups -OCH3 is 1. The number of hydrogen-bond donors (Lipinski definition) is 2. The summed E-state index contributed by atoms with van der Waals surface area (Å²) < 4.78 is 5.14. The van der Waals surface area contributed by atoms with Crippen molar-refractivity contribution in [1.82, 2.24) is 9.97 Å². The van der Waals surface area contributed by atoms with Crippen LogP contribution in [0, 0.1) is 0 Å². The van der Waals surface area contributed by atoms with Crippen molar-refractivity contribution >= 4 is 11.6 Å². The molecular formula is C14H26N4O2. The molecule has 0 aliphatic heterocycles. The van der Waals surface area contributed by atoms with Gasteiger partial charge in [0.05, 0.1) is 13.2 Å². The van der Waals surface area contributed by atoms with Gasteiger partial charge < -0.3 is 20.1 Å². The molecule has 6 nitrogen and oxygen atoms in total. The summed E-state index contributed by atoms with van der Waals surface area (Å²) in [5.74, 6) is 2.04. The number of aromatic nitrogens is 2. The Kier molecular flexibility index (Phi) is 7.25. The van der Waals surface area contributed by atoms with Gasteiger partial charge in [0.15, 0.2) is 0 Å². The van der Waals surface area contributed by atoms with Gasteiger partial charge in [-0.2, -0.15) is 0 Å². The van der Waals surface area contributed by atoms with E-state index in [0.717, 1.165) is 23.7 Å². The number of ether oxygens (including phenoxy) is 1. The number of rotatable bonds is 9. The summed E-state index contributed by atoms with van der Waals surface area (Å²) in [6, 6.07) is 0. The molecule has 114 valence electrons. The molecule has 0 aromatic carbocycles. The zero-order valence-electron chi connectivity index (χ0n) is 12.9. The van der Waals surface area contributed by atoms with E-state index in [0.29, 0.717) is 25.6 Å². The lowest BCUT2D eigenvalue weighted by Crippen LogP contribution is -2.32. The first kappa shape index (κ1) is 16.7. The Balaban J connectivity index is 3.14. The smallest absolute Gasteiger partial charge is 0.137 e. The van der Waals surface area contributed by atoms with E-state index in [-0.39, 0.29) is 6.61 Å². The Morgan fingerprint density at radius 2 is 2.10 bits per heavy atom. The van der Waals surface area contributed by atoms with Gasteiger partial charge >= 0.3 is 0 Å². The van der Waals surface area contributed by atoms with Crippen LogP contribution in [-0.2, 0) is 4.74 Å². The molecule has 1 aromatic rings. The van der Waals surface area contributed by atoms with Crippen LogP contribution in [0.1, 0.15) is 32.3 Å². The first-order valence-electron chi connectivity index (χ1n) is 7.09. The molecule has 0 saturated carbocycles. The standard InChI is InChI=1S/C14H26N4O2/c1-5-15-13-12(11(2)3)14(17-10-16-13)18(6-8-19)7-9-20-4/h10-11,19H,5-9H2,1-4H3,(H,15,16,17). The maximum absolute atomic E-state index is 9.26. The summed E-state index contributed by atoms with van der Waals surface area (Å²) >= 11 is 0. The minimum Gasteiger partial charge on any atom is -0.395 e. The molecular weight excluding hydrogens is 256 g/mol. The molecule has 1 aromatic heterocycles. The van der Waals surface area contributed by atoms with E-state index >= 15 is 0 Å². The molecule has 0 aliphatic rings. The van der Waals surface area contributed by atoms with Crippen LogP contribution in [0.25, 0.3) is 0 Å². The maximum atomic E-state index is 9.26. The fourth-order valence-corrected chi connectivity index (χ4v) is 2.12. The number of nitrogens with one attached hydrogen (secondary N) is 1. The van der Waals surface area contributed by atoms with Crippen molar-refractivity contribution in [2.24, 2.45) is 0 Å². The van der Waals surface area contributed by atoms with Crippen molar-refractivity contribution in [3.05, 3.63) is 11.9 Å². The summed E-state index contributed by atoms with van der Waals surface area (Å²) in [5, 5.41) is 12.5. The lowest BCUT2D eigenvalue weighted by molar-refractivity contribution is 0.202. The Morgan fingerprint density at radius 3 is 2.65 bits per heavy atom. The molecule has 0 fully saturated rings. The summed E-state index contributed by atoms with van der Waals surface area (Å²) in [5.41, 5.74) is 1.08. The summed E-state index contributed by atoms with van der Waals surface area (Å²) in [7, 11) is 1.67. The predicted octanol–water partition coefficient (Wildman–Crippen LogP) is 1.48. The third-order valence-electron chi connectivity index (χ3n) is 3.02. The second kappa shape index (κ2) is 8.71. The van der Waals surface area contributed by atoms with Crippen LogP contribution in [-0.4, -0.2) is 55.0 Å². The minimum atomic E-state index is 0.0851. The molecule has 0 amide bonds. The van der Waals surface area contributed by atoms with Crippen LogP contribution >= 0.6 is 0 Å². The van der Waals surface area contributed by atoms with E-state index in [4.69, 9.17) is 4.74 Å². The van der Waals surface area contributed by atoms with E-state index < -0.39 is 0 Å². The number of hydrogen-bond acceptors (Lipinski definition) is 6. The highest BCUT2D eigenvalue weighted by atomic mass is 16.5. The average molecular weight is 282 g/mol. The van der Waals surface area contributed by atoms with Crippen LogP contribution < -0.4 is 10.2 Å². The van der Waals surface area contributed by atoms with Crippen molar-refractivity contribution in [3.63, 3.8) is 0 Å². The largest absolute Gasteiger partial charge is 0.395 e. The van der Waals surface area contributed by atoms with Crippen LogP contribution in [0.4, 0.5) is 11.6 Å². The molecule has 2 N–H and O–H groups in total. The highest BCUT2D eigenvalue weighted by Gasteiger charge is 2.19. The van der Waals surface area contributed by atoms with Gasteiger partial charge in [0.2, 0.25) is 0 Å². The summed E-state index contributed by atoms with van der Waals surface area (Å²) in [4.78, 5) is 10.8. The maximum Gasteiger partial charge on any atom is 0.137 e. The van der Waals surface area contributed by atoms with Gasteiger partial charge in [0.1, 0.15) is 18.0 Å². The molecule has 20 heavy (non-hydrogen) atoms. The Morgan fingerprint density at radius 1 is 1.35 bits per heavy atom. The predicted molar refractivity (Wildman–Crippen MR) is 81.5 cm³/mol. The van der Waals surface area contributed by atoms with Gasteiger partial charge in [0, 0.05) is 32.3 Å². The highest BCUT2D eigenvalue weighted by molar-refractivity contribution is 5.60. The lowest BCUT2D eigenvalue weighted by Gasteiger charge is -2.27. The Bertz CT molecular complexity index is 399. The van der Waals surface area contributed by atoms with Gasteiger partial charge in [-0.1, -0.05) is 13.8 Å². The molecule has 0 saturated heterocycles. The Hall–Kier alpha value is -1.40. The normalized spacial score (nSPS) is 10.9. The molecule has 1 heterocycles. The molecule has 6 heteroatoms. The van der Waals surface area contributed by atoms with Gasteiger partial charge in [-0.15, -0.1) is 0 Å². The van der Waals surface area contributed by atoms with E-state index in [1.807, 2.05) is 11.8 Å². The highest BCUT2D eigenvalue weighted by Crippen LogP contribution is 2.30. The fraction of sp³-hybridized carbons (Fsp3) is 0.714. The van der Waals surface area contributed by atoms with Crippen molar-refractivity contribution in [2.75, 3.05) is 50.2 Å². The zero-order valence-corrected chi connectivity index (χ0v) is 12.9. The first-order chi connectivity index (χ1) is 9.65. The third-order valence-corrected chi connectivity index (χ3v) is 3.02. The monoisotopic (exact) mass is 282 g/mol. The second-order valence-electron chi connectivity index (χ2n) is 4.85. The van der Waals surface area contributed by atoms with E-state index in [2.05, 4.69) is 29.1 Å². The number of nitrogens with zero attached hydrogens (tertiary/aromatic N) is 3. The van der Waals surface area contributed by atoms with E-state index in [1.54, 1.807) is 13.4 Å². The van der Waals surface area contributed by atoms with Gasteiger partial charge in [-0.25, -0.2) is 9.97 Å². The quantitative estimate of drug-likeness (QED) is 0.715. The zero-order chi connectivity index (χ0) is 15.0. The Labute approximate surface area is 121 Å². The first-order valence-corrected chi connectivity index (χ1v) is 7.09. The topological polar surface area (TPSA) is 70.5 Å². The van der Waals surface area contributed by atoms with Gasteiger partial charge in [-0.3, -0.25) is 0 Å². The molecule has 0 atom stereocenters.